The van der Waals surface area contributed by atoms with Gasteiger partial charge in [-0.3, -0.25) is 4.79 Å². The number of aliphatic hydroxyl groups excluding tert-OH is 3. The lowest BCUT2D eigenvalue weighted by Gasteiger charge is -2.42. The van der Waals surface area contributed by atoms with Gasteiger partial charge in [-0.25, -0.2) is 0 Å². The molecule has 1 aliphatic carbocycles. The van der Waals surface area contributed by atoms with Gasteiger partial charge in [0.15, 0.2) is 0 Å². The number of hydrogen-bond donors (Lipinski definition) is 4. The van der Waals surface area contributed by atoms with Crippen LogP contribution in [0.5, 0.6) is 5.75 Å². The summed E-state index contributed by atoms with van der Waals surface area (Å²) in [7, 11) is 0. The molecule has 1 aliphatic heterocycles. The number of rotatable bonds is 6. The van der Waals surface area contributed by atoms with Crippen molar-refractivity contribution >= 4 is 17.5 Å². The maximum atomic E-state index is 11.6. The van der Waals surface area contributed by atoms with Gasteiger partial charge in [-0.2, -0.15) is 0 Å². The number of primary amides is 1. The molecule has 7 nitrogen and oxygen atoms in total. The standard InChI is InChI=1S/C23H26ClNO6/c1-2-30-15-6-3-12(4-7-15)9-14-10-13(5-8-17(14)24)20-18(26)19(27)21(28)23(31-20)11-16(23)22(25)29/h3-8,10,16,18-21,26-28H,2,9,11H2,1H3,(H2,25,29)/t16?,18-,19-,20+,21+,23?/m1/s1. The molecule has 8 heteroatoms. The zero-order valence-corrected chi connectivity index (χ0v) is 17.8. The first-order valence-electron chi connectivity index (χ1n) is 10.3. The Morgan fingerprint density at radius 1 is 1.19 bits per heavy atom. The lowest BCUT2D eigenvalue weighted by Crippen LogP contribution is -2.57. The SMILES string of the molecule is CCOc1ccc(Cc2cc([C@@H]3OC4(CC4C(N)=O)[C@@H](O)[C@H](O)[C@H]3O)ccc2Cl)cc1. The van der Waals surface area contributed by atoms with E-state index < -0.39 is 41.8 Å². The molecule has 2 aromatic carbocycles. The molecule has 4 rings (SSSR count). The lowest BCUT2D eigenvalue weighted by atomic mass is 9.88. The van der Waals surface area contributed by atoms with Gasteiger partial charge in [0.25, 0.3) is 0 Å². The van der Waals surface area contributed by atoms with Crippen LogP contribution in [-0.4, -0.2) is 51.7 Å². The van der Waals surface area contributed by atoms with Crippen molar-refractivity contribution in [2.24, 2.45) is 11.7 Å². The summed E-state index contributed by atoms with van der Waals surface area (Å²) >= 11 is 6.41. The number of aliphatic hydroxyl groups is 3. The topological polar surface area (TPSA) is 122 Å². The molecule has 1 spiro atoms. The van der Waals surface area contributed by atoms with Crippen molar-refractivity contribution in [1.29, 1.82) is 0 Å². The van der Waals surface area contributed by atoms with Gasteiger partial charge in [-0.1, -0.05) is 35.9 Å². The van der Waals surface area contributed by atoms with Crippen LogP contribution in [0.3, 0.4) is 0 Å². The highest BCUT2D eigenvalue weighted by atomic mass is 35.5. The first-order chi connectivity index (χ1) is 14.8. The predicted molar refractivity (Wildman–Crippen MR) is 114 cm³/mol. The van der Waals surface area contributed by atoms with Crippen molar-refractivity contribution in [1.82, 2.24) is 0 Å². The second kappa shape index (κ2) is 8.41. The largest absolute Gasteiger partial charge is 0.494 e. The Morgan fingerprint density at radius 3 is 2.52 bits per heavy atom. The van der Waals surface area contributed by atoms with Crippen LogP contribution in [0, 0.1) is 5.92 Å². The highest BCUT2D eigenvalue weighted by Gasteiger charge is 2.69. The fourth-order valence-electron chi connectivity index (χ4n) is 4.35. The van der Waals surface area contributed by atoms with Crippen LogP contribution < -0.4 is 10.5 Å². The fraction of sp³-hybridized carbons (Fsp3) is 0.435. The van der Waals surface area contributed by atoms with Gasteiger partial charge in [0, 0.05) is 5.02 Å². The van der Waals surface area contributed by atoms with E-state index in [0.717, 1.165) is 16.9 Å². The van der Waals surface area contributed by atoms with Crippen molar-refractivity contribution in [2.75, 3.05) is 6.61 Å². The van der Waals surface area contributed by atoms with Crippen LogP contribution >= 0.6 is 11.6 Å². The molecule has 1 saturated carbocycles. The third kappa shape index (κ3) is 4.04. The number of nitrogens with two attached hydrogens (primary N) is 1. The van der Waals surface area contributed by atoms with Gasteiger partial charge in [0.2, 0.25) is 5.91 Å². The van der Waals surface area contributed by atoms with E-state index in [2.05, 4.69) is 0 Å². The normalized spacial score (nSPS) is 32.1. The third-order valence-corrected chi connectivity index (χ3v) is 6.52. The Morgan fingerprint density at radius 2 is 1.90 bits per heavy atom. The second-order valence-corrected chi connectivity index (χ2v) is 8.59. The molecule has 166 valence electrons. The molecule has 1 saturated heterocycles. The number of carbonyl (C=O) groups is 1. The zero-order chi connectivity index (χ0) is 22.3. The van der Waals surface area contributed by atoms with Crippen molar-refractivity contribution in [3.05, 3.63) is 64.2 Å². The maximum Gasteiger partial charge on any atom is 0.223 e. The Bertz CT molecular complexity index is 967. The summed E-state index contributed by atoms with van der Waals surface area (Å²) in [5.74, 6) is -0.521. The van der Waals surface area contributed by atoms with E-state index in [9.17, 15) is 20.1 Å². The van der Waals surface area contributed by atoms with E-state index in [-0.39, 0.29) is 6.42 Å². The molecule has 2 unspecified atom stereocenters. The van der Waals surface area contributed by atoms with Gasteiger partial charge in [0.05, 0.1) is 12.5 Å². The lowest BCUT2D eigenvalue weighted by molar-refractivity contribution is -0.240. The Kier molecular flexibility index (Phi) is 5.98. The maximum absolute atomic E-state index is 11.6. The van der Waals surface area contributed by atoms with Crippen LogP contribution in [-0.2, 0) is 16.0 Å². The molecule has 31 heavy (non-hydrogen) atoms. The molecule has 0 bridgehead atoms. The minimum absolute atomic E-state index is 0.205. The second-order valence-electron chi connectivity index (χ2n) is 8.18. The quantitative estimate of drug-likeness (QED) is 0.535. The van der Waals surface area contributed by atoms with E-state index in [1.54, 1.807) is 12.1 Å². The van der Waals surface area contributed by atoms with Crippen LogP contribution in [0.15, 0.2) is 42.5 Å². The average molecular weight is 448 g/mol. The smallest absolute Gasteiger partial charge is 0.223 e. The number of amides is 1. The molecular formula is C23H26ClNO6. The molecule has 5 N–H and O–H groups in total. The minimum Gasteiger partial charge on any atom is -0.494 e. The van der Waals surface area contributed by atoms with Crippen LogP contribution in [0.1, 0.15) is 36.1 Å². The number of ether oxygens (including phenoxy) is 2. The summed E-state index contributed by atoms with van der Waals surface area (Å²) in [4.78, 5) is 11.6. The van der Waals surface area contributed by atoms with E-state index in [0.29, 0.717) is 23.6 Å². The third-order valence-electron chi connectivity index (χ3n) is 6.15. The highest BCUT2D eigenvalue weighted by Crippen LogP contribution is 2.56. The summed E-state index contributed by atoms with van der Waals surface area (Å²) in [6.45, 7) is 2.52. The van der Waals surface area contributed by atoms with E-state index >= 15 is 0 Å². The number of carbonyl (C=O) groups excluding carboxylic acids is 1. The van der Waals surface area contributed by atoms with Crippen molar-refractivity contribution in [3.8, 4) is 5.75 Å². The molecule has 1 heterocycles. The summed E-state index contributed by atoms with van der Waals surface area (Å²) in [6.07, 6.45) is -4.41. The van der Waals surface area contributed by atoms with Crippen molar-refractivity contribution in [2.45, 2.75) is 49.8 Å². The molecule has 2 fully saturated rings. The Balaban J connectivity index is 1.59. The first-order valence-corrected chi connectivity index (χ1v) is 10.7. The van der Waals surface area contributed by atoms with Crippen LogP contribution in [0.2, 0.25) is 5.02 Å². The predicted octanol–water partition coefficient (Wildman–Crippen LogP) is 1.73. The molecular weight excluding hydrogens is 422 g/mol. The van der Waals surface area contributed by atoms with Crippen LogP contribution in [0.4, 0.5) is 0 Å². The van der Waals surface area contributed by atoms with Gasteiger partial charge in [0.1, 0.15) is 35.8 Å². The van der Waals surface area contributed by atoms with Gasteiger partial charge in [-0.15, -0.1) is 0 Å². The van der Waals surface area contributed by atoms with Gasteiger partial charge < -0.3 is 30.5 Å². The van der Waals surface area contributed by atoms with Gasteiger partial charge >= 0.3 is 0 Å². The first kappa shape index (κ1) is 22.0. The molecule has 6 atom stereocenters. The monoisotopic (exact) mass is 447 g/mol. The minimum atomic E-state index is -1.46. The fourth-order valence-corrected chi connectivity index (χ4v) is 4.54. The number of benzene rings is 2. The zero-order valence-electron chi connectivity index (χ0n) is 17.1. The molecule has 2 aliphatic rings. The Labute approximate surface area is 185 Å². The molecule has 2 aromatic rings. The van der Waals surface area contributed by atoms with E-state index in [1.807, 2.05) is 37.3 Å². The molecule has 1 amide bonds. The molecule has 0 aromatic heterocycles. The summed E-state index contributed by atoms with van der Waals surface area (Å²) in [6, 6.07) is 12.9. The summed E-state index contributed by atoms with van der Waals surface area (Å²) in [5, 5.41) is 31.9. The van der Waals surface area contributed by atoms with E-state index in [4.69, 9.17) is 26.8 Å². The highest BCUT2D eigenvalue weighted by molar-refractivity contribution is 6.31. The average Bonchev–Trinajstić information content (AvgIpc) is 3.48. The summed E-state index contributed by atoms with van der Waals surface area (Å²) < 4.78 is 11.5. The van der Waals surface area contributed by atoms with E-state index in [1.165, 1.54) is 0 Å². The number of halogens is 1. The van der Waals surface area contributed by atoms with Crippen molar-refractivity contribution in [3.63, 3.8) is 0 Å². The van der Waals surface area contributed by atoms with Crippen LogP contribution in [0.25, 0.3) is 0 Å². The van der Waals surface area contributed by atoms with Crippen molar-refractivity contribution < 1.29 is 29.6 Å². The molecule has 0 radical (unpaired) electrons. The summed E-state index contributed by atoms with van der Waals surface area (Å²) in [5.41, 5.74) is 6.55. The Hall–Kier alpha value is -2.16. The van der Waals surface area contributed by atoms with Gasteiger partial charge in [-0.05, 0) is 54.7 Å². The number of hydrogen-bond acceptors (Lipinski definition) is 6.